The number of hydrogen-bond donors (Lipinski definition) is 2. The average Bonchev–Trinajstić information content (AvgIpc) is 3.11. The summed E-state index contributed by atoms with van der Waals surface area (Å²) in [4.78, 5) is 40.3. The molecule has 0 saturated heterocycles. The minimum atomic E-state index is -1.03. The van der Waals surface area contributed by atoms with Gasteiger partial charge in [0.05, 0.1) is 6.54 Å². The van der Waals surface area contributed by atoms with Crippen molar-refractivity contribution in [3.63, 3.8) is 0 Å². The fourth-order valence-corrected chi connectivity index (χ4v) is 5.08. The molecule has 0 bridgehead atoms. The van der Waals surface area contributed by atoms with Crippen LogP contribution in [-0.2, 0) is 22.6 Å². The SMILES string of the molecule is O=C(c1ccccc1)c1ccccc1N[C@@H](Cc1ccc(OCCN(Cc2ccccc2)C(=O)/C=C/c2ccccc2)cc1)C(=O)O. The summed E-state index contributed by atoms with van der Waals surface area (Å²) in [6.45, 7) is 1.11. The van der Waals surface area contributed by atoms with Gasteiger partial charge in [0, 0.05) is 35.9 Å². The fraction of sp³-hybridized carbons (Fsp3) is 0.125. The molecule has 47 heavy (non-hydrogen) atoms. The molecule has 1 amide bonds. The number of amides is 1. The van der Waals surface area contributed by atoms with Gasteiger partial charge in [0.2, 0.25) is 5.91 Å². The van der Waals surface area contributed by atoms with Crippen molar-refractivity contribution in [2.45, 2.75) is 19.0 Å². The zero-order valence-corrected chi connectivity index (χ0v) is 25.9. The summed E-state index contributed by atoms with van der Waals surface area (Å²) in [5.74, 6) is -0.720. The second-order valence-corrected chi connectivity index (χ2v) is 11.0. The third kappa shape index (κ3) is 9.52. The Labute approximate surface area is 274 Å². The van der Waals surface area contributed by atoms with Gasteiger partial charge in [0.15, 0.2) is 5.78 Å². The van der Waals surface area contributed by atoms with E-state index in [9.17, 15) is 19.5 Å². The zero-order chi connectivity index (χ0) is 32.8. The minimum Gasteiger partial charge on any atom is -0.492 e. The van der Waals surface area contributed by atoms with Crippen molar-refractivity contribution >= 4 is 29.4 Å². The Bertz CT molecular complexity index is 1790. The molecule has 0 radical (unpaired) electrons. The Morgan fingerprint density at radius 3 is 2.02 bits per heavy atom. The molecular formula is C40H36N2O5. The maximum absolute atomic E-state index is 13.1. The highest BCUT2D eigenvalue weighted by atomic mass is 16.5. The third-order valence-electron chi connectivity index (χ3n) is 7.57. The third-order valence-corrected chi connectivity index (χ3v) is 7.57. The Hall–Kier alpha value is -5.95. The molecule has 0 unspecified atom stereocenters. The van der Waals surface area contributed by atoms with Crippen LogP contribution in [0.3, 0.4) is 0 Å². The van der Waals surface area contributed by atoms with Crippen molar-refractivity contribution in [1.29, 1.82) is 0 Å². The van der Waals surface area contributed by atoms with E-state index in [1.165, 1.54) is 0 Å². The first-order valence-corrected chi connectivity index (χ1v) is 15.4. The van der Waals surface area contributed by atoms with Gasteiger partial charge in [-0.25, -0.2) is 4.79 Å². The molecule has 1 atom stereocenters. The number of hydrogen-bond acceptors (Lipinski definition) is 5. The Kier molecular flexibility index (Phi) is 11.3. The lowest BCUT2D eigenvalue weighted by Crippen LogP contribution is -2.33. The summed E-state index contributed by atoms with van der Waals surface area (Å²) in [6.07, 6.45) is 3.57. The second kappa shape index (κ2) is 16.4. The first kappa shape index (κ1) is 32.4. The number of ketones is 1. The minimum absolute atomic E-state index is 0.115. The van der Waals surface area contributed by atoms with Gasteiger partial charge in [-0.2, -0.15) is 0 Å². The van der Waals surface area contributed by atoms with E-state index < -0.39 is 12.0 Å². The van der Waals surface area contributed by atoms with Crippen LogP contribution in [0.15, 0.2) is 146 Å². The normalized spacial score (nSPS) is 11.5. The number of carboxylic acid groups (broad SMARTS) is 1. The van der Waals surface area contributed by atoms with Crippen LogP contribution in [0.4, 0.5) is 5.69 Å². The van der Waals surface area contributed by atoms with Crippen molar-refractivity contribution in [3.8, 4) is 5.75 Å². The molecule has 0 heterocycles. The summed E-state index contributed by atoms with van der Waals surface area (Å²) in [5.41, 5.74) is 4.15. The zero-order valence-electron chi connectivity index (χ0n) is 25.9. The van der Waals surface area contributed by atoms with Crippen LogP contribution in [-0.4, -0.2) is 46.9 Å². The number of nitrogens with zero attached hydrogens (tertiary/aromatic N) is 1. The number of carbonyl (C=O) groups is 3. The molecule has 0 aliphatic heterocycles. The van der Waals surface area contributed by atoms with E-state index in [2.05, 4.69) is 5.32 Å². The van der Waals surface area contributed by atoms with E-state index in [-0.39, 0.29) is 24.7 Å². The lowest BCUT2D eigenvalue weighted by molar-refractivity contribution is -0.137. The molecule has 236 valence electrons. The average molecular weight is 625 g/mol. The highest BCUT2D eigenvalue weighted by molar-refractivity contribution is 6.12. The van der Waals surface area contributed by atoms with E-state index in [0.717, 1.165) is 16.7 Å². The molecule has 5 rings (SSSR count). The first-order valence-electron chi connectivity index (χ1n) is 15.4. The van der Waals surface area contributed by atoms with E-state index in [4.69, 9.17) is 4.74 Å². The van der Waals surface area contributed by atoms with Gasteiger partial charge in [-0.1, -0.05) is 115 Å². The largest absolute Gasteiger partial charge is 0.492 e. The lowest BCUT2D eigenvalue weighted by Gasteiger charge is -2.22. The summed E-state index contributed by atoms with van der Waals surface area (Å²) in [5, 5.41) is 13.1. The van der Waals surface area contributed by atoms with E-state index >= 15 is 0 Å². The van der Waals surface area contributed by atoms with Gasteiger partial charge in [-0.15, -0.1) is 0 Å². The Morgan fingerprint density at radius 2 is 1.34 bits per heavy atom. The summed E-state index contributed by atoms with van der Waals surface area (Å²) in [6, 6.07) is 41.6. The number of aliphatic carboxylic acids is 1. The summed E-state index contributed by atoms with van der Waals surface area (Å²) in [7, 11) is 0. The van der Waals surface area contributed by atoms with Crippen LogP contribution in [0.1, 0.15) is 32.6 Å². The van der Waals surface area contributed by atoms with E-state index in [1.807, 2.05) is 78.9 Å². The van der Waals surface area contributed by atoms with E-state index in [1.54, 1.807) is 77.7 Å². The number of rotatable bonds is 15. The molecule has 0 aromatic heterocycles. The van der Waals surface area contributed by atoms with Crippen molar-refractivity contribution in [1.82, 2.24) is 4.90 Å². The van der Waals surface area contributed by atoms with Crippen molar-refractivity contribution < 1.29 is 24.2 Å². The molecule has 7 heteroatoms. The highest BCUT2D eigenvalue weighted by Gasteiger charge is 2.21. The highest BCUT2D eigenvalue weighted by Crippen LogP contribution is 2.22. The van der Waals surface area contributed by atoms with Crippen LogP contribution in [0, 0.1) is 0 Å². The number of carbonyl (C=O) groups excluding carboxylic acids is 2. The van der Waals surface area contributed by atoms with Crippen LogP contribution in [0.5, 0.6) is 5.75 Å². The number of carboxylic acids is 1. The van der Waals surface area contributed by atoms with Crippen molar-refractivity contribution in [3.05, 3.63) is 173 Å². The van der Waals surface area contributed by atoms with Crippen LogP contribution in [0.2, 0.25) is 0 Å². The van der Waals surface area contributed by atoms with Gasteiger partial charge in [-0.3, -0.25) is 9.59 Å². The number of benzene rings is 5. The quantitative estimate of drug-likeness (QED) is 0.0949. The van der Waals surface area contributed by atoms with Crippen molar-refractivity contribution in [2.24, 2.45) is 0 Å². The van der Waals surface area contributed by atoms with Gasteiger partial charge < -0.3 is 20.1 Å². The number of para-hydroxylation sites is 1. The Morgan fingerprint density at radius 1 is 0.723 bits per heavy atom. The van der Waals surface area contributed by atoms with Gasteiger partial charge in [-0.05, 0) is 47.0 Å². The Balaban J connectivity index is 1.20. The molecule has 0 fully saturated rings. The van der Waals surface area contributed by atoms with Gasteiger partial charge in [0.25, 0.3) is 0 Å². The molecule has 0 saturated carbocycles. The maximum Gasteiger partial charge on any atom is 0.326 e. The van der Waals surface area contributed by atoms with Crippen molar-refractivity contribution in [2.75, 3.05) is 18.5 Å². The number of anilines is 1. The topological polar surface area (TPSA) is 95.9 Å². The number of nitrogens with one attached hydrogen (secondary N) is 1. The molecule has 0 aliphatic rings. The molecule has 0 spiro atoms. The maximum atomic E-state index is 13.1. The fourth-order valence-electron chi connectivity index (χ4n) is 5.08. The van der Waals surface area contributed by atoms with Gasteiger partial charge >= 0.3 is 5.97 Å². The second-order valence-electron chi connectivity index (χ2n) is 11.0. The van der Waals surface area contributed by atoms with E-state index in [0.29, 0.717) is 35.7 Å². The molecule has 2 N–H and O–H groups in total. The molecule has 7 nitrogen and oxygen atoms in total. The van der Waals surface area contributed by atoms with Crippen LogP contribution < -0.4 is 10.1 Å². The molecule has 0 aliphatic carbocycles. The molecule has 5 aromatic rings. The summed E-state index contributed by atoms with van der Waals surface area (Å²) >= 11 is 0. The first-order chi connectivity index (χ1) is 23.0. The molecular weight excluding hydrogens is 588 g/mol. The van der Waals surface area contributed by atoms with Crippen LogP contribution >= 0.6 is 0 Å². The monoisotopic (exact) mass is 624 g/mol. The number of ether oxygens (including phenoxy) is 1. The predicted octanol–water partition coefficient (Wildman–Crippen LogP) is 7.15. The van der Waals surface area contributed by atoms with Crippen LogP contribution in [0.25, 0.3) is 6.08 Å². The standard InChI is InChI=1S/C40H36N2O5/c43-38(25-22-30-12-4-1-5-13-30)42(29-32-14-6-2-7-15-32)26-27-47-34-23-20-31(21-24-34)28-37(40(45)46)41-36-19-11-10-18-35(36)39(44)33-16-8-3-9-17-33/h1-25,37,41H,26-29H2,(H,45,46)/b25-22+/t37-/m0/s1. The van der Waals surface area contributed by atoms with Gasteiger partial charge in [0.1, 0.15) is 18.4 Å². The lowest BCUT2D eigenvalue weighted by atomic mass is 10.00. The predicted molar refractivity (Wildman–Crippen MR) is 184 cm³/mol. The molecule has 5 aromatic carbocycles. The summed E-state index contributed by atoms with van der Waals surface area (Å²) < 4.78 is 5.99. The smallest absolute Gasteiger partial charge is 0.326 e.